The van der Waals surface area contributed by atoms with Gasteiger partial charge in [0.25, 0.3) is 0 Å². The van der Waals surface area contributed by atoms with E-state index in [9.17, 15) is 4.79 Å². The molecule has 0 saturated carbocycles. The van der Waals surface area contributed by atoms with Gasteiger partial charge in [0.15, 0.2) is 5.78 Å². The van der Waals surface area contributed by atoms with Gasteiger partial charge in [0.05, 0.1) is 0 Å². The molecule has 15 heavy (non-hydrogen) atoms. The van der Waals surface area contributed by atoms with Crippen LogP contribution in [0.1, 0.15) is 37.0 Å². The molecule has 0 aliphatic heterocycles. The van der Waals surface area contributed by atoms with E-state index in [1.165, 1.54) is 12.8 Å². The highest BCUT2D eigenvalue weighted by atomic mass is 32.2. The third kappa shape index (κ3) is 3.59. The fourth-order valence-corrected chi connectivity index (χ4v) is 2.30. The van der Waals surface area contributed by atoms with Gasteiger partial charge < -0.3 is 5.73 Å². The molecule has 0 aliphatic rings. The Kier molecular flexibility index (Phi) is 4.69. The summed E-state index contributed by atoms with van der Waals surface area (Å²) in [5.74, 6) is 1.13. The number of benzene rings is 1. The van der Waals surface area contributed by atoms with Crippen LogP contribution in [-0.4, -0.2) is 11.5 Å². The van der Waals surface area contributed by atoms with Crippen molar-refractivity contribution in [2.24, 2.45) is 0 Å². The first-order chi connectivity index (χ1) is 7.15. The summed E-state index contributed by atoms with van der Waals surface area (Å²) in [6, 6.07) is 5.67. The molecular weight excluding hydrogens is 206 g/mol. The van der Waals surface area contributed by atoms with Crippen molar-refractivity contribution in [1.29, 1.82) is 0 Å². The number of rotatable bonds is 5. The van der Waals surface area contributed by atoms with E-state index in [-0.39, 0.29) is 5.78 Å². The van der Waals surface area contributed by atoms with Gasteiger partial charge in [-0.3, -0.25) is 4.79 Å². The summed E-state index contributed by atoms with van der Waals surface area (Å²) >= 11 is 1.78. The third-order valence-corrected chi connectivity index (χ3v) is 3.25. The zero-order valence-electron chi connectivity index (χ0n) is 9.25. The van der Waals surface area contributed by atoms with Crippen LogP contribution in [-0.2, 0) is 0 Å². The summed E-state index contributed by atoms with van der Waals surface area (Å²) in [4.78, 5) is 12.4. The topological polar surface area (TPSA) is 43.1 Å². The molecule has 3 heteroatoms. The molecule has 1 aromatic carbocycles. The van der Waals surface area contributed by atoms with Crippen LogP contribution >= 0.6 is 11.8 Å². The second-order valence-electron chi connectivity index (χ2n) is 3.51. The number of carbonyl (C=O) groups is 1. The molecule has 2 N–H and O–H groups in total. The number of hydrogen-bond acceptors (Lipinski definition) is 3. The van der Waals surface area contributed by atoms with Crippen LogP contribution < -0.4 is 5.73 Å². The van der Waals surface area contributed by atoms with E-state index in [0.717, 1.165) is 10.6 Å². The maximum Gasteiger partial charge on any atom is 0.161 e. The molecule has 0 fully saturated rings. The number of anilines is 1. The Balaban J connectivity index is 2.74. The predicted octanol–water partition coefficient (Wildman–Crippen LogP) is 3.36. The Bertz CT molecular complexity index is 349. The van der Waals surface area contributed by atoms with Crippen molar-refractivity contribution in [1.82, 2.24) is 0 Å². The molecule has 0 saturated heterocycles. The number of Topliss-reactive ketones (excluding diaryl/α,β-unsaturated/α-hetero) is 1. The first kappa shape index (κ1) is 12.1. The van der Waals surface area contributed by atoms with E-state index in [1.807, 2.05) is 18.2 Å². The highest BCUT2D eigenvalue weighted by Crippen LogP contribution is 2.24. The number of nitrogen functional groups attached to an aromatic ring is 1. The van der Waals surface area contributed by atoms with Crippen molar-refractivity contribution in [3.63, 3.8) is 0 Å². The largest absolute Gasteiger partial charge is 0.398 e. The average molecular weight is 223 g/mol. The van der Waals surface area contributed by atoms with Gasteiger partial charge in [0.2, 0.25) is 0 Å². The summed E-state index contributed by atoms with van der Waals surface area (Å²) in [6.07, 6.45) is 2.39. The summed E-state index contributed by atoms with van der Waals surface area (Å²) in [5.41, 5.74) is 6.92. The van der Waals surface area contributed by atoms with Gasteiger partial charge >= 0.3 is 0 Å². The second-order valence-corrected chi connectivity index (χ2v) is 4.68. The Hall–Kier alpha value is -0.960. The number of thioether (sulfide) groups is 1. The molecule has 82 valence electrons. The van der Waals surface area contributed by atoms with Gasteiger partial charge in [0.1, 0.15) is 0 Å². The van der Waals surface area contributed by atoms with Crippen LogP contribution in [0.5, 0.6) is 0 Å². The molecule has 0 radical (unpaired) electrons. The highest BCUT2D eigenvalue weighted by molar-refractivity contribution is 7.99. The van der Waals surface area contributed by atoms with Gasteiger partial charge in [-0.15, -0.1) is 11.8 Å². The number of ketones is 1. The Morgan fingerprint density at radius 3 is 2.80 bits per heavy atom. The minimum absolute atomic E-state index is 0.0328. The van der Waals surface area contributed by atoms with Gasteiger partial charge in [0, 0.05) is 16.1 Å². The summed E-state index contributed by atoms with van der Waals surface area (Å²) < 4.78 is 0. The smallest absolute Gasteiger partial charge is 0.161 e. The zero-order chi connectivity index (χ0) is 11.3. The van der Waals surface area contributed by atoms with Crippen LogP contribution in [0.4, 0.5) is 5.69 Å². The summed E-state index contributed by atoms with van der Waals surface area (Å²) in [6.45, 7) is 3.72. The minimum atomic E-state index is 0.0328. The lowest BCUT2D eigenvalue weighted by molar-refractivity contribution is 0.101. The second kappa shape index (κ2) is 5.81. The molecule has 2 nitrogen and oxygen atoms in total. The lowest BCUT2D eigenvalue weighted by Crippen LogP contribution is -1.99. The number of nitrogens with two attached hydrogens (primary N) is 1. The lowest BCUT2D eigenvalue weighted by atomic mass is 10.1. The molecule has 0 heterocycles. The predicted molar refractivity (Wildman–Crippen MR) is 66.5 cm³/mol. The molecular formula is C12H17NOS. The van der Waals surface area contributed by atoms with Crippen molar-refractivity contribution in [2.75, 3.05) is 11.5 Å². The van der Waals surface area contributed by atoms with Gasteiger partial charge in [-0.2, -0.15) is 0 Å². The molecule has 1 rings (SSSR count). The lowest BCUT2D eigenvalue weighted by Gasteiger charge is -2.05. The summed E-state index contributed by atoms with van der Waals surface area (Å²) in [7, 11) is 0. The van der Waals surface area contributed by atoms with Crippen molar-refractivity contribution in [2.45, 2.75) is 31.6 Å². The Morgan fingerprint density at radius 2 is 2.20 bits per heavy atom. The van der Waals surface area contributed by atoms with Crippen LogP contribution in [0.15, 0.2) is 23.1 Å². The first-order valence-electron chi connectivity index (χ1n) is 5.18. The van der Waals surface area contributed by atoms with E-state index in [1.54, 1.807) is 18.7 Å². The van der Waals surface area contributed by atoms with Crippen LogP contribution in [0, 0.1) is 0 Å². The minimum Gasteiger partial charge on any atom is -0.398 e. The molecule has 0 aliphatic carbocycles. The van der Waals surface area contributed by atoms with Crippen LogP contribution in [0.25, 0.3) is 0 Å². The molecule has 0 bridgehead atoms. The van der Waals surface area contributed by atoms with Gasteiger partial charge in [-0.05, 0) is 37.3 Å². The van der Waals surface area contributed by atoms with E-state index in [4.69, 9.17) is 5.73 Å². The first-order valence-corrected chi connectivity index (χ1v) is 6.17. The van der Waals surface area contributed by atoms with Gasteiger partial charge in [-0.1, -0.05) is 13.3 Å². The number of unbranched alkanes of at least 4 members (excludes halogenated alkanes) is 1. The standard InChI is InChI=1S/C12H17NOS/c1-3-4-7-15-10-5-6-12(13)11(8-10)9(2)14/h5-6,8H,3-4,7,13H2,1-2H3. The molecule has 0 amide bonds. The zero-order valence-corrected chi connectivity index (χ0v) is 10.1. The quantitative estimate of drug-likeness (QED) is 0.360. The Labute approximate surface area is 95.2 Å². The molecule has 1 aromatic rings. The van der Waals surface area contributed by atoms with Crippen molar-refractivity contribution >= 4 is 23.2 Å². The van der Waals surface area contributed by atoms with Crippen molar-refractivity contribution in [3.8, 4) is 0 Å². The number of carbonyl (C=O) groups excluding carboxylic acids is 1. The van der Waals surface area contributed by atoms with Crippen LogP contribution in [0.2, 0.25) is 0 Å². The maximum atomic E-state index is 11.3. The highest BCUT2D eigenvalue weighted by Gasteiger charge is 2.05. The normalized spacial score (nSPS) is 10.3. The van der Waals surface area contributed by atoms with E-state index in [0.29, 0.717) is 11.3 Å². The molecule has 0 atom stereocenters. The maximum absolute atomic E-state index is 11.3. The SMILES string of the molecule is CCCCSc1ccc(N)c(C(C)=O)c1. The molecule has 0 unspecified atom stereocenters. The van der Waals surface area contributed by atoms with Gasteiger partial charge in [-0.25, -0.2) is 0 Å². The fraction of sp³-hybridized carbons (Fsp3) is 0.417. The van der Waals surface area contributed by atoms with E-state index in [2.05, 4.69) is 6.92 Å². The Morgan fingerprint density at radius 1 is 1.47 bits per heavy atom. The van der Waals surface area contributed by atoms with E-state index >= 15 is 0 Å². The monoisotopic (exact) mass is 223 g/mol. The number of hydrogen-bond donors (Lipinski definition) is 1. The van der Waals surface area contributed by atoms with Crippen molar-refractivity contribution < 1.29 is 4.79 Å². The molecule has 0 spiro atoms. The fourth-order valence-electron chi connectivity index (χ4n) is 1.26. The average Bonchev–Trinajstić information content (AvgIpc) is 2.20. The molecule has 0 aromatic heterocycles. The van der Waals surface area contributed by atoms with Crippen molar-refractivity contribution in [3.05, 3.63) is 23.8 Å². The summed E-state index contributed by atoms with van der Waals surface area (Å²) in [5, 5.41) is 0. The third-order valence-electron chi connectivity index (χ3n) is 2.17. The van der Waals surface area contributed by atoms with Crippen LogP contribution in [0.3, 0.4) is 0 Å². The van der Waals surface area contributed by atoms with E-state index < -0.39 is 0 Å².